The first-order chi connectivity index (χ1) is 23.2. The van der Waals surface area contributed by atoms with Crippen LogP contribution < -0.4 is 20.3 Å². The SMILES string of the molecule is CC1CCCCN1c1nnc2ccc(OC3CCC(NC(=O)NC4=CC(C(C)(C)C)=[N+]4c4cnn(CCCO)c4)c4ccccc43)cn12. The molecule has 12 nitrogen and oxygen atoms in total. The summed E-state index contributed by atoms with van der Waals surface area (Å²) in [6.07, 6.45) is 13.3. The zero-order valence-electron chi connectivity index (χ0n) is 28.3. The van der Waals surface area contributed by atoms with Crippen LogP contribution in [-0.4, -0.2) is 65.0 Å². The van der Waals surface area contributed by atoms with Crippen LogP contribution in [0.25, 0.3) is 5.65 Å². The van der Waals surface area contributed by atoms with Gasteiger partial charge in [0.25, 0.3) is 5.82 Å². The number of piperidine rings is 1. The molecule has 3 N–H and O–H groups in total. The van der Waals surface area contributed by atoms with E-state index in [1.54, 1.807) is 6.20 Å². The van der Waals surface area contributed by atoms with Crippen molar-refractivity contribution in [2.45, 2.75) is 91.0 Å². The molecule has 5 heterocycles. The van der Waals surface area contributed by atoms with Crippen molar-refractivity contribution < 1.29 is 19.2 Å². The molecule has 3 unspecified atom stereocenters. The maximum absolute atomic E-state index is 13.5. The summed E-state index contributed by atoms with van der Waals surface area (Å²) in [5, 5.41) is 28.9. The number of urea groups is 1. The van der Waals surface area contributed by atoms with Crippen LogP contribution in [0, 0.1) is 5.41 Å². The monoisotopic (exact) mass is 652 g/mol. The number of nitrogens with one attached hydrogen (secondary N) is 2. The number of pyridine rings is 1. The molecule has 0 spiro atoms. The van der Waals surface area contributed by atoms with Gasteiger partial charge in [-0.15, -0.1) is 10.2 Å². The average molecular weight is 653 g/mol. The highest BCUT2D eigenvalue weighted by molar-refractivity contribution is 6.00. The van der Waals surface area contributed by atoms with E-state index in [1.807, 2.05) is 56.4 Å². The Kier molecular flexibility index (Phi) is 8.67. The summed E-state index contributed by atoms with van der Waals surface area (Å²) in [6.45, 7) is 10.4. The van der Waals surface area contributed by atoms with Gasteiger partial charge < -0.3 is 20.1 Å². The second kappa shape index (κ2) is 13.1. The number of aromatic nitrogens is 5. The highest BCUT2D eigenvalue weighted by Gasteiger charge is 2.39. The number of benzene rings is 1. The average Bonchev–Trinajstić information content (AvgIpc) is 3.69. The van der Waals surface area contributed by atoms with Crippen LogP contribution in [0.1, 0.15) is 89.5 Å². The zero-order valence-corrected chi connectivity index (χ0v) is 28.3. The fraction of sp³-hybridized carbons (Fsp3) is 0.472. The van der Waals surface area contributed by atoms with Gasteiger partial charge in [-0.1, -0.05) is 45.0 Å². The lowest BCUT2D eigenvalue weighted by atomic mass is 9.85. The number of anilines is 1. The molecule has 3 aliphatic rings. The van der Waals surface area contributed by atoms with Gasteiger partial charge in [0.1, 0.15) is 17.6 Å². The number of carbonyl (C=O) groups is 1. The number of ether oxygens (including phenoxy) is 1. The minimum atomic E-state index is -0.261. The molecule has 3 aromatic heterocycles. The predicted octanol–water partition coefficient (Wildman–Crippen LogP) is 5.63. The summed E-state index contributed by atoms with van der Waals surface area (Å²) in [4.78, 5) is 15.8. The molecular formula is C36H46N9O3+. The molecular weight excluding hydrogens is 606 g/mol. The first kappa shape index (κ1) is 31.9. The molecule has 1 saturated heterocycles. The Balaban J connectivity index is 1.05. The summed E-state index contributed by atoms with van der Waals surface area (Å²) in [7, 11) is 0. The second-order valence-electron chi connectivity index (χ2n) is 14.1. The Morgan fingerprint density at radius 3 is 2.69 bits per heavy atom. The molecule has 0 radical (unpaired) electrons. The summed E-state index contributed by atoms with van der Waals surface area (Å²) < 4.78 is 12.5. The normalized spacial score (nSPS) is 21.1. The van der Waals surface area contributed by atoms with Crippen LogP contribution in [0.4, 0.5) is 16.4 Å². The maximum Gasteiger partial charge on any atom is 0.407 e. The fourth-order valence-electron chi connectivity index (χ4n) is 7.09. The van der Waals surface area contributed by atoms with Gasteiger partial charge in [-0.05, 0) is 68.7 Å². The maximum atomic E-state index is 13.5. The first-order valence-corrected chi connectivity index (χ1v) is 17.2. The summed E-state index contributed by atoms with van der Waals surface area (Å²) in [5.41, 5.74) is 4.77. The van der Waals surface area contributed by atoms with E-state index in [1.165, 1.54) is 6.42 Å². The van der Waals surface area contributed by atoms with E-state index < -0.39 is 0 Å². The number of allylic oxidation sites excluding steroid dienone is 1. The van der Waals surface area contributed by atoms with Crippen LogP contribution in [0.2, 0.25) is 0 Å². The molecule has 1 aromatic carbocycles. The van der Waals surface area contributed by atoms with Crippen LogP contribution in [0.15, 0.2) is 66.9 Å². The number of aliphatic hydroxyl groups is 1. The van der Waals surface area contributed by atoms with Crippen molar-refractivity contribution in [3.05, 3.63) is 78.0 Å². The van der Waals surface area contributed by atoms with Crippen molar-refractivity contribution in [3.63, 3.8) is 0 Å². The molecule has 252 valence electrons. The standard InChI is InChI=1S/C36H45N9O3/c1-24-10-7-8-18-43(24)35-41-40-32-16-13-26(23-44(32)35)48-30-15-14-29(27-11-5-6-12-28(27)30)38-34(47)39-33-20-31(36(2,3)4)45(33)25-21-37-42(22-25)17-9-19-46/h5-6,11-13,16,20-24,29-30,46H,7-10,14-15,17-19H2,1-4H3,(H,38,47)/p+1. The Labute approximate surface area is 281 Å². The van der Waals surface area contributed by atoms with Crippen LogP contribution >= 0.6 is 0 Å². The number of carbonyl (C=O) groups excluding carboxylic acids is 1. The van der Waals surface area contributed by atoms with Crippen LogP contribution in [-0.2, 0) is 6.54 Å². The number of rotatable bonds is 9. The highest BCUT2D eigenvalue weighted by Crippen LogP contribution is 2.39. The topological polar surface area (TPSA) is 125 Å². The molecule has 4 aromatic rings. The largest absolute Gasteiger partial charge is 0.484 e. The van der Waals surface area contributed by atoms with E-state index in [0.717, 1.165) is 72.1 Å². The highest BCUT2D eigenvalue weighted by atomic mass is 16.5. The lowest BCUT2D eigenvalue weighted by Crippen LogP contribution is -2.46. The Morgan fingerprint density at radius 1 is 1.06 bits per heavy atom. The summed E-state index contributed by atoms with van der Waals surface area (Å²) in [5.74, 6) is 2.33. The van der Waals surface area contributed by atoms with Gasteiger partial charge in [0, 0.05) is 31.2 Å². The minimum Gasteiger partial charge on any atom is -0.484 e. The third-order valence-electron chi connectivity index (χ3n) is 9.62. The van der Waals surface area contributed by atoms with Gasteiger partial charge in [-0.2, -0.15) is 15.0 Å². The van der Waals surface area contributed by atoms with Gasteiger partial charge in [-0.25, -0.2) is 4.79 Å². The Bertz CT molecular complexity index is 1870. The van der Waals surface area contributed by atoms with Crippen molar-refractivity contribution in [3.8, 4) is 5.75 Å². The van der Waals surface area contributed by atoms with E-state index >= 15 is 0 Å². The second-order valence-corrected chi connectivity index (χ2v) is 14.1. The number of hydrogen-bond acceptors (Lipinski definition) is 7. The number of aryl methyl sites for hydroxylation is 1. The molecule has 1 fully saturated rings. The number of amides is 2. The summed E-state index contributed by atoms with van der Waals surface area (Å²) in [6, 6.07) is 12.1. The van der Waals surface area contributed by atoms with Crippen LogP contribution in [0.3, 0.4) is 0 Å². The molecule has 0 bridgehead atoms. The molecule has 1 aliphatic carbocycles. The lowest BCUT2D eigenvalue weighted by Gasteiger charge is -2.33. The molecule has 3 atom stereocenters. The van der Waals surface area contributed by atoms with Gasteiger partial charge >= 0.3 is 6.03 Å². The summed E-state index contributed by atoms with van der Waals surface area (Å²) >= 11 is 0. The van der Waals surface area contributed by atoms with E-state index in [2.05, 4.69) is 70.7 Å². The minimum absolute atomic E-state index is 0.111. The van der Waals surface area contributed by atoms with E-state index in [-0.39, 0.29) is 30.2 Å². The van der Waals surface area contributed by atoms with Crippen molar-refractivity contribution in [2.24, 2.45) is 5.41 Å². The van der Waals surface area contributed by atoms with E-state index in [9.17, 15) is 9.90 Å². The van der Waals surface area contributed by atoms with Crippen molar-refractivity contribution >= 4 is 29.0 Å². The van der Waals surface area contributed by atoms with E-state index in [4.69, 9.17) is 4.74 Å². The van der Waals surface area contributed by atoms with Gasteiger partial charge in [0.15, 0.2) is 11.3 Å². The lowest BCUT2D eigenvalue weighted by molar-refractivity contribution is -0.406. The van der Waals surface area contributed by atoms with Crippen molar-refractivity contribution in [2.75, 3.05) is 18.1 Å². The van der Waals surface area contributed by atoms with Crippen LogP contribution in [0.5, 0.6) is 5.75 Å². The third-order valence-corrected chi connectivity index (χ3v) is 9.62. The zero-order chi connectivity index (χ0) is 33.4. The number of nitrogens with zero attached hydrogens (tertiary/aromatic N) is 7. The van der Waals surface area contributed by atoms with Crippen molar-refractivity contribution in [1.82, 2.24) is 35.0 Å². The first-order valence-electron chi connectivity index (χ1n) is 17.2. The smallest absolute Gasteiger partial charge is 0.407 e. The van der Waals surface area contributed by atoms with Crippen molar-refractivity contribution in [1.29, 1.82) is 0 Å². The van der Waals surface area contributed by atoms with Gasteiger partial charge in [0.05, 0.1) is 30.7 Å². The molecule has 2 amide bonds. The molecule has 48 heavy (non-hydrogen) atoms. The molecule has 7 rings (SSSR count). The molecule has 2 aliphatic heterocycles. The molecule has 12 heteroatoms. The third kappa shape index (κ3) is 6.28. The van der Waals surface area contributed by atoms with E-state index in [0.29, 0.717) is 24.8 Å². The van der Waals surface area contributed by atoms with Gasteiger partial charge in [-0.3, -0.25) is 9.08 Å². The number of hydrogen-bond donors (Lipinski definition) is 3. The van der Waals surface area contributed by atoms with Gasteiger partial charge in [0.2, 0.25) is 5.95 Å². The number of fused-ring (bicyclic) bond motifs is 2. The number of aliphatic hydroxyl groups excluding tert-OH is 1. The molecule has 0 saturated carbocycles. The predicted molar refractivity (Wildman–Crippen MR) is 183 cm³/mol. The Morgan fingerprint density at radius 2 is 1.90 bits per heavy atom. The Hall–Kier alpha value is -4.71. The fourth-order valence-corrected chi connectivity index (χ4v) is 7.09. The quantitative estimate of drug-likeness (QED) is 0.200.